The molecule has 1 saturated carbocycles. The molecule has 2 heteroatoms. The highest BCUT2D eigenvalue weighted by molar-refractivity contribution is 5.05. The predicted molar refractivity (Wildman–Crippen MR) is 62.8 cm³/mol. The Morgan fingerprint density at radius 2 is 2.27 bits per heavy atom. The van der Waals surface area contributed by atoms with E-state index in [1.54, 1.807) is 0 Å². The molecule has 2 nitrogen and oxygen atoms in total. The molecule has 1 rings (SSSR count). The zero-order valence-corrected chi connectivity index (χ0v) is 10.1. The van der Waals surface area contributed by atoms with E-state index in [2.05, 4.69) is 6.58 Å². The van der Waals surface area contributed by atoms with E-state index < -0.39 is 0 Å². The summed E-state index contributed by atoms with van der Waals surface area (Å²) in [5, 5.41) is 0. The number of hydrogen-bond donors (Lipinski definition) is 0. The summed E-state index contributed by atoms with van der Waals surface area (Å²) in [4.78, 5) is 0. The van der Waals surface area contributed by atoms with E-state index in [-0.39, 0.29) is 6.29 Å². The molecule has 0 spiro atoms. The summed E-state index contributed by atoms with van der Waals surface area (Å²) in [5.74, 6) is 0.760. The largest absolute Gasteiger partial charge is 0.353 e. The second-order valence-corrected chi connectivity index (χ2v) is 4.28. The van der Waals surface area contributed by atoms with Crippen LogP contribution in [0.15, 0.2) is 12.2 Å². The van der Waals surface area contributed by atoms with Crippen LogP contribution in [0.3, 0.4) is 0 Å². The van der Waals surface area contributed by atoms with Crippen molar-refractivity contribution in [1.82, 2.24) is 0 Å². The van der Waals surface area contributed by atoms with Gasteiger partial charge in [0.15, 0.2) is 6.29 Å². The summed E-state index contributed by atoms with van der Waals surface area (Å²) < 4.78 is 10.8. The molecule has 15 heavy (non-hydrogen) atoms. The first-order chi connectivity index (χ1) is 7.24. The molecule has 0 heterocycles. The summed E-state index contributed by atoms with van der Waals surface area (Å²) in [7, 11) is 0. The number of allylic oxidation sites excluding steroid dienone is 1. The molecule has 0 radical (unpaired) electrons. The third-order valence-corrected chi connectivity index (χ3v) is 3.08. The first-order valence-corrected chi connectivity index (χ1v) is 6.15. The maximum atomic E-state index is 5.53. The van der Waals surface area contributed by atoms with E-state index in [1.165, 1.54) is 31.3 Å². The van der Waals surface area contributed by atoms with Gasteiger partial charge in [0.05, 0.1) is 0 Å². The molecule has 0 N–H and O–H groups in total. The minimum atomic E-state index is -0.0539. The first kappa shape index (κ1) is 12.7. The average Bonchev–Trinajstić information content (AvgIpc) is 2.60. The van der Waals surface area contributed by atoms with Gasteiger partial charge in [-0.05, 0) is 51.9 Å². The maximum absolute atomic E-state index is 5.53. The molecule has 88 valence electrons. The molecule has 1 unspecified atom stereocenters. The van der Waals surface area contributed by atoms with Crippen LogP contribution in [0, 0.1) is 5.92 Å². The van der Waals surface area contributed by atoms with Gasteiger partial charge in [0.2, 0.25) is 0 Å². The van der Waals surface area contributed by atoms with Crippen LogP contribution >= 0.6 is 0 Å². The molecule has 0 aromatic rings. The molecule has 1 fully saturated rings. The lowest BCUT2D eigenvalue weighted by Crippen LogP contribution is -2.13. The number of ether oxygens (including phenoxy) is 2. The van der Waals surface area contributed by atoms with E-state index >= 15 is 0 Å². The van der Waals surface area contributed by atoms with E-state index in [0.29, 0.717) is 0 Å². The summed E-state index contributed by atoms with van der Waals surface area (Å²) in [6.45, 7) is 9.59. The van der Waals surface area contributed by atoms with Gasteiger partial charge in [0.1, 0.15) is 0 Å². The Morgan fingerprint density at radius 3 is 2.87 bits per heavy atom. The van der Waals surface area contributed by atoms with Gasteiger partial charge in [0, 0.05) is 13.2 Å². The van der Waals surface area contributed by atoms with E-state index in [9.17, 15) is 0 Å². The molecule has 0 aromatic heterocycles. The van der Waals surface area contributed by atoms with Gasteiger partial charge < -0.3 is 9.47 Å². The monoisotopic (exact) mass is 212 g/mol. The SMILES string of the molecule is C=C1CCC[C@@H]1CCCOC(C)OCC. The Bertz CT molecular complexity index is 189. The Balaban J connectivity index is 1.99. The van der Waals surface area contributed by atoms with Crippen molar-refractivity contribution < 1.29 is 9.47 Å². The van der Waals surface area contributed by atoms with Crippen LogP contribution in [0.5, 0.6) is 0 Å². The third-order valence-electron chi connectivity index (χ3n) is 3.08. The zero-order valence-electron chi connectivity index (χ0n) is 10.1. The van der Waals surface area contributed by atoms with E-state index in [0.717, 1.165) is 25.6 Å². The van der Waals surface area contributed by atoms with Crippen molar-refractivity contribution in [1.29, 1.82) is 0 Å². The van der Waals surface area contributed by atoms with Crippen LogP contribution in [0.2, 0.25) is 0 Å². The fourth-order valence-corrected chi connectivity index (χ4v) is 2.19. The highest BCUT2D eigenvalue weighted by Gasteiger charge is 2.18. The second-order valence-electron chi connectivity index (χ2n) is 4.28. The van der Waals surface area contributed by atoms with Crippen LogP contribution in [0.25, 0.3) is 0 Å². The Kier molecular flexibility index (Phi) is 5.96. The third kappa shape index (κ3) is 4.80. The van der Waals surface area contributed by atoms with Crippen LogP contribution in [0.1, 0.15) is 46.0 Å². The molecule has 0 aromatic carbocycles. The average molecular weight is 212 g/mol. The van der Waals surface area contributed by atoms with Crippen molar-refractivity contribution in [2.75, 3.05) is 13.2 Å². The van der Waals surface area contributed by atoms with Gasteiger partial charge in [-0.25, -0.2) is 0 Å². The first-order valence-electron chi connectivity index (χ1n) is 6.15. The molecular weight excluding hydrogens is 188 g/mol. The Labute approximate surface area is 93.7 Å². The maximum Gasteiger partial charge on any atom is 0.154 e. The molecule has 0 saturated heterocycles. The summed E-state index contributed by atoms with van der Waals surface area (Å²) in [6.07, 6.45) is 6.21. The lowest BCUT2D eigenvalue weighted by Gasteiger charge is -2.14. The molecular formula is C13H24O2. The Hall–Kier alpha value is -0.340. The van der Waals surface area contributed by atoms with Crippen LogP contribution in [0.4, 0.5) is 0 Å². The smallest absolute Gasteiger partial charge is 0.154 e. The topological polar surface area (TPSA) is 18.5 Å². The van der Waals surface area contributed by atoms with Crippen molar-refractivity contribution in [3.63, 3.8) is 0 Å². The van der Waals surface area contributed by atoms with Crippen molar-refractivity contribution in [3.05, 3.63) is 12.2 Å². The highest BCUT2D eigenvalue weighted by atomic mass is 16.7. The highest BCUT2D eigenvalue weighted by Crippen LogP contribution is 2.32. The lowest BCUT2D eigenvalue weighted by atomic mass is 9.99. The fourth-order valence-electron chi connectivity index (χ4n) is 2.19. The molecule has 1 aliphatic rings. The van der Waals surface area contributed by atoms with Crippen molar-refractivity contribution in [2.45, 2.75) is 52.2 Å². The second kappa shape index (κ2) is 7.02. The van der Waals surface area contributed by atoms with Crippen molar-refractivity contribution in [2.24, 2.45) is 5.92 Å². The Morgan fingerprint density at radius 1 is 1.47 bits per heavy atom. The van der Waals surface area contributed by atoms with Crippen LogP contribution in [-0.2, 0) is 9.47 Å². The quantitative estimate of drug-likeness (QED) is 0.365. The lowest BCUT2D eigenvalue weighted by molar-refractivity contribution is -0.127. The summed E-state index contributed by atoms with van der Waals surface area (Å²) in [6, 6.07) is 0. The van der Waals surface area contributed by atoms with Gasteiger partial charge in [-0.1, -0.05) is 12.2 Å². The summed E-state index contributed by atoms with van der Waals surface area (Å²) in [5.41, 5.74) is 1.45. The molecule has 1 aliphatic carbocycles. The van der Waals surface area contributed by atoms with Gasteiger partial charge in [-0.15, -0.1) is 0 Å². The van der Waals surface area contributed by atoms with Gasteiger partial charge in [0.25, 0.3) is 0 Å². The zero-order chi connectivity index (χ0) is 11.1. The molecule has 2 atom stereocenters. The minimum absolute atomic E-state index is 0.0539. The molecule has 0 amide bonds. The van der Waals surface area contributed by atoms with Gasteiger partial charge in [-0.2, -0.15) is 0 Å². The normalized spacial score (nSPS) is 23.3. The summed E-state index contributed by atoms with van der Waals surface area (Å²) >= 11 is 0. The molecule has 0 bridgehead atoms. The minimum Gasteiger partial charge on any atom is -0.353 e. The van der Waals surface area contributed by atoms with Gasteiger partial charge >= 0.3 is 0 Å². The van der Waals surface area contributed by atoms with E-state index in [1.807, 2.05) is 13.8 Å². The van der Waals surface area contributed by atoms with Crippen molar-refractivity contribution >= 4 is 0 Å². The van der Waals surface area contributed by atoms with Crippen molar-refractivity contribution in [3.8, 4) is 0 Å². The van der Waals surface area contributed by atoms with Gasteiger partial charge in [-0.3, -0.25) is 0 Å². The van der Waals surface area contributed by atoms with Crippen LogP contribution in [-0.4, -0.2) is 19.5 Å². The predicted octanol–water partition coefficient (Wildman–Crippen LogP) is 3.52. The fraction of sp³-hybridized carbons (Fsp3) is 0.846. The number of hydrogen-bond acceptors (Lipinski definition) is 2. The van der Waals surface area contributed by atoms with Crippen LogP contribution < -0.4 is 0 Å². The molecule has 0 aliphatic heterocycles. The van der Waals surface area contributed by atoms with E-state index in [4.69, 9.17) is 9.47 Å². The standard InChI is InChI=1S/C13H24O2/c1-4-14-12(3)15-10-6-9-13-8-5-7-11(13)2/h12-13H,2,4-10H2,1,3H3/t12?,13-/m1/s1. The number of rotatable bonds is 7.